The van der Waals surface area contributed by atoms with Crippen molar-refractivity contribution in [3.63, 3.8) is 0 Å². The molecule has 1 aliphatic heterocycles. The number of benzene rings is 2. The van der Waals surface area contributed by atoms with Gasteiger partial charge in [0.25, 0.3) is 5.91 Å². The Morgan fingerprint density at radius 2 is 1.80 bits per heavy atom. The van der Waals surface area contributed by atoms with Gasteiger partial charge in [0.1, 0.15) is 0 Å². The lowest BCUT2D eigenvalue weighted by Crippen LogP contribution is -2.39. The highest BCUT2D eigenvalue weighted by atomic mass is 32.1. The van der Waals surface area contributed by atoms with Crippen molar-refractivity contribution in [1.29, 1.82) is 0 Å². The summed E-state index contributed by atoms with van der Waals surface area (Å²) in [4.78, 5) is 22.8. The molecule has 2 aromatic carbocycles. The fraction of sp³-hybridized carbons (Fsp3) is 0.462. The van der Waals surface area contributed by atoms with Crippen LogP contribution in [0.5, 0.6) is 17.2 Å². The zero-order valence-electron chi connectivity index (χ0n) is 20.8. The topological polar surface area (TPSA) is 73.4 Å². The normalized spacial score (nSPS) is 14.2. The molecule has 0 spiro atoms. The molecular formula is C26H33N3O5S. The Hall–Kier alpha value is -2.88. The molecule has 8 nitrogen and oxygen atoms in total. The molecule has 1 aromatic heterocycles. The number of carbonyl (C=O) groups excluding carboxylic acids is 1. The van der Waals surface area contributed by atoms with Crippen LogP contribution in [0, 0.1) is 0 Å². The van der Waals surface area contributed by atoms with Gasteiger partial charge in [-0.15, -0.1) is 0 Å². The molecule has 0 unspecified atom stereocenters. The number of anilines is 1. The molecular weight excluding hydrogens is 466 g/mol. The smallest absolute Gasteiger partial charge is 0.260 e. The van der Waals surface area contributed by atoms with E-state index in [-0.39, 0.29) is 5.91 Å². The van der Waals surface area contributed by atoms with Gasteiger partial charge in [-0.25, -0.2) is 4.98 Å². The Kier molecular flexibility index (Phi) is 8.43. The number of thiazole rings is 1. The van der Waals surface area contributed by atoms with E-state index >= 15 is 0 Å². The van der Waals surface area contributed by atoms with Crippen molar-refractivity contribution in [2.24, 2.45) is 0 Å². The lowest BCUT2D eigenvalue weighted by atomic mass is 10.1. The first-order chi connectivity index (χ1) is 17.1. The number of fused-ring (bicyclic) bond motifs is 1. The van der Waals surface area contributed by atoms with Crippen LogP contribution in [0.4, 0.5) is 5.13 Å². The predicted molar refractivity (Wildman–Crippen MR) is 139 cm³/mol. The van der Waals surface area contributed by atoms with E-state index in [1.165, 1.54) is 5.56 Å². The fourth-order valence-electron chi connectivity index (χ4n) is 4.21. The number of rotatable bonds is 10. The Labute approximate surface area is 210 Å². The van der Waals surface area contributed by atoms with E-state index < -0.39 is 0 Å². The maximum absolute atomic E-state index is 13.9. The zero-order valence-corrected chi connectivity index (χ0v) is 21.7. The Bertz CT molecular complexity index is 1130. The molecule has 1 amide bonds. The molecule has 1 fully saturated rings. The van der Waals surface area contributed by atoms with Gasteiger partial charge in [-0.3, -0.25) is 14.6 Å². The lowest BCUT2D eigenvalue weighted by Gasteiger charge is -2.28. The number of methoxy groups -OCH3 is 3. The van der Waals surface area contributed by atoms with Gasteiger partial charge in [0.05, 0.1) is 44.8 Å². The minimum absolute atomic E-state index is 0.152. The number of aryl methyl sites for hydroxylation is 1. The molecule has 0 radical (unpaired) electrons. The maximum atomic E-state index is 13.9. The minimum atomic E-state index is -0.152. The Morgan fingerprint density at radius 1 is 1.09 bits per heavy atom. The zero-order chi connectivity index (χ0) is 24.8. The highest BCUT2D eigenvalue weighted by Gasteiger charge is 2.25. The summed E-state index contributed by atoms with van der Waals surface area (Å²) in [6, 6.07) is 9.67. The summed E-state index contributed by atoms with van der Waals surface area (Å²) in [7, 11) is 4.64. The second kappa shape index (κ2) is 11.7. The van der Waals surface area contributed by atoms with E-state index in [1.807, 2.05) is 6.07 Å². The van der Waals surface area contributed by atoms with Crippen LogP contribution < -0.4 is 19.1 Å². The van der Waals surface area contributed by atoms with E-state index in [2.05, 4.69) is 24.0 Å². The molecule has 0 aliphatic carbocycles. The average Bonchev–Trinajstić information content (AvgIpc) is 3.33. The summed E-state index contributed by atoms with van der Waals surface area (Å²) in [5.74, 6) is 1.19. The van der Waals surface area contributed by atoms with Crippen LogP contribution in [-0.2, 0) is 11.2 Å². The van der Waals surface area contributed by atoms with Gasteiger partial charge in [0.15, 0.2) is 16.6 Å². The average molecular weight is 500 g/mol. The third-order valence-electron chi connectivity index (χ3n) is 6.20. The summed E-state index contributed by atoms with van der Waals surface area (Å²) in [6.07, 6.45) is 1.78. The first kappa shape index (κ1) is 25.2. The molecule has 0 saturated carbocycles. The Morgan fingerprint density at radius 3 is 2.43 bits per heavy atom. The van der Waals surface area contributed by atoms with Gasteiger partial charge in [0.2, 0.25) is 5.75 Å². The second-order valence-electron chi connectivity index (χ2n) is 8.33. The van der Waals surface area contributed by atoms with Gasteiger partial charge in [0, 0.05) is 31.7 Å². The van der Waals surface area contributed by atoms with Crippen molar-refractivity contribution in [2.45, 2.75) is 19.8 Å². The van der Waals surface area contributed by atoms with Crippen LogP contribution in [0.3, 0.4) is 0 Å². The van der Waals surface area contributed by atoms with E-state index in [0.29, 0.717) is 34.5 Å². The van der Waals surface area contributed by atoms with Gasteiger partial charge in [-0.2, -0.15) is 0 Å². The van der Waals surface area contributed by atoms with Gasteiger partial charge >= 0.3 is 0 Å². The van der Waals surface area contributed by atoms with Crippen molar-refractivity contribution in [3.05, 3.63) is 41.5 Å². The summed E-state index contributed by atoms with van der Waals surface area (Å²) in [6.45, 7) is 6.93. The quantitative estimate of drug-likeness (QED) is 0.413. The van der Waals surface area contributed by atoms with Crippen LogP contribution >= 0.6 is 11.3 Å². The number of carbonyl (C=O) groups is 1. The van der Waals surface area contributed by atoms with Crippen molar-refractivity contribution >= 4 is 32.6 Å². The number of hydrogen-bond acceptors (Lipinski definition) is 8. The van der Waals surface area contributed by atoms with Gasteiger partial charge in [-0.1, -0.05) is 24.3 Å². The van der Waals surface area contributed by atoms with Crippen molar-refractivity contribution < 1.29 is 23.7 Å². The van der Waals surface area contributed by atoms with Gasteiger partial charge in [-0.05, 0) is 42.7 Å². The number of hydrogen-bond donors (Lipinski definition) is 0. The summed E-state index contributed by atoms with van der Waals surface area (Å²) < 4.78 is 22.9. The molecule has 4 rings (SSSR count). The molecule has 2 heterocycles. The van der Waals surface area contributed by atoms with E-state index in [9.17, 15) is 4.79 Å². The third kappa shape index (κ3) is 5.69. The van der Waals surface area contributed by atoms with Crippen molar-refractivity contribution in [1.82, 2.24) is 9.88 Å². The molecule has 0 N–H and O–H groups in total. The van der Waals surface area contributed by atoms with Crippen LogP contribution in [0.15, 0.2) is 30.3 Å². The van der Waals surface area contributed by atoms with Gasteiger partial charge < -0.3 is 18.9 Å². The summed E-state index contributed by atoms with van der Waals surface area (Å²) in [5, 5.41) is 0.689. The molecule has 0 atom stereocenters. The largest absolute Gasteiger partial charge is 0.493 e. The summed E-state index contributed by atoms with van der Waals surface area (Å²) in [5.41, 5.74) is 2.61. The first-order valence-electron chi connectivity index (χ1n) is 11.9. The molecule has 1 aliphatic rings. The predicted octanol–water partition coefficient (Wildman–Crippen LogP) is 4.25. The van der Waals surface area contributed by atoms with Crippen molar-refractivity contribution in [2.75, 3.05) is 65.6 Å². The number of morpholine rings is 1. The molecule has 0 bridgehead atoms. The highest BCUT2D eigenvalue weighted by Crippen LogP contribution is 2.39. The van der Waals surface area contributed by atoms with E-state index in [1.54, 1.807) is 49.7 Å². The standard InChI is InChI=1S/C26H33N3O5S/c1-5-18-7-8-20-23(15-18)35-26(27-20)29(10-6-9-28-11-13-34-14-12-28)25(30)19-16-21(31-2)24(33-4)22(17-19)32-3/h7-8,15-17H,5-6,9-14H2,1-4H3. The van der Waals surface area contributed by atoms with Crippen LogP contribution in [0.1, 0.15) is 29.3 Å². The molecule has 35 heavy (non-hydrogen) atoms. The molecule has 3 aromatic rings. The molecule has 188 valence electrons. The SMILES string of the molecule is CCc1ccc2nc(N(CCCN3CCOCC3)C(=O)c3cc(OC)c(OC)c(OC)c3)sc2c1. The summed E-state index contributed by atoms with van der Waals surface area (Å²) >= 11 is 1.54. The van der Waals surface area contributed by atoms with Crippen LogP contribution in [0.25, 0.3) is 10.2 Å². The van der Waals surface area contributed by atoms with E-state index in [0.717, 1.165) is 55.9 Å². The third-order valence-corrected chi connectivity index (χ3v) is 7.24. The number of aromatic nitrogens is 1. The molecule has 1 saturated heterocycles. The van der Waals surface area contributed by atoms with E-state index in [4.69, 9.17) is 23.9 Å². The minimum Gasteiger partial charge on any atom is -0.493 e. The van der Waals surface area contributed by atoms with Crippen molar-refractivity contribution in [3.8, 4) is 17.2 Å². The number of nitrogens with zero attached hydrogens (tertiary/aromatic N) is 3. The highest BCUT2D eigenvalue weighted by molar-refractivity contribution is 7.22. The number of amides is 1. The van der Waals surface area contributed by atoms with Crippen LogP contribution in [-0.4, -0.2) is 76.5 Å². The maximum Gasteiger partial charge on any atom is 0.260 e. The Balaban J connectivity index is 1.66. The van der Waals surface area contributed by atoms with Crippen LogP contribution in [0.2, 0.25) is 0 Å². The second-order valence-corrected chi connectivity index (χ2v) is 9.34. The lowest BCUT2D eigenvalue weighted by molar-refractivity contribution is 0.0376. The monoisotopic (exact) mass is 499 g/mol. The number of ether oxygens (including phenoxy) is 4. The molecule has 9 heteroatoms. The fourth-order valence-corrected chi connectivity index (χ4v) is 5.27. The first-order valence-corrected chi connectivity index (χ1v) is 12.7.